The topological polar surface area (TPSA) is 144 Å². The van der Waals surface area contributed by atoms with Crippen LogP contribution in [0.1, 0.15) is 19.8 Å². The number of sulfonamides is 1. The van der Waals surface area contributed by atoms with Gasteiger partial charge in [-0.1, -0.05) is 11.3 Å². The highest BCUT2D eigenvalue weighted by molar-refractivity contribution is 7.91. The Labute approximate surface area is 125 Å². The van der Waals surface area contributed by atoms with E-state index < -0.39 is 20.9 Å². The van der Waals surface area contributed by atoms with Crippen LogP contribution in [-0.4, -0.2) is 32.3 Å². The lowest BCUT2D eigenvalue weighted by Gasteiger charge is -2.03. The molecule has 4 N–H and O–H groups in total. The largest absolute Gasteiger partial charge is 0.372 e. The number of nitrogens with zero attached hydrogens (tertiary/aromatic N) is 1. The third kappa shape index (κ3) is 4.95. The molecular formula is C10H16N4O5S2. The molecule has 0 bridgehead atoms. The predicted molar refractivity (Wildman–Crippen MR) is 78.8 cm³/mol. The van der Waals surface area contributed by atoms with Gasteiger partial charge in [-0.2, -0.15) is 0 Å². The number of nitro groups is 1. The van der Waals surface area contributed by atoms with E-state index in [1.54, 1.807) is 6.92 Å². The zero-order valence-corrected chi connectivity index (χ0v) is 12.9. The first-order chi connectivity index (χ1) is 9.77. The summed E-state index contributed by atoms with van der Waals surface area (Å²) in [6.45, 7) is 2.22. The van der Waals surface area contributed by atoms with Crippen molar-refractivity contribution in [3.05, 3.63) is 16.2 Å². The second kappa shape index (κ2) is 7.33. The van der Waals surface area contributed by atoms with Crippen LogP contribution >= 0.6 is 11.3 Å². The molecule has 21 heavy (non-hydrogen) atoms. The van der Waals surface area contributed by atoms with Crippen molar-refractivity contribution in [2.45, 2.75) is 24.0 Å². The molecule has 1 aromatic heterocycles. The van der Waals surface area contributed by atoms with Gasteiger partial charge in [0, 0.05) is 25.6 Å². The van der Waals surface area contributed by atoms with Crippen molar-refractivity contribution in [3.63, 3.8) is 0 Å². The number of nitrogens with two attached hydrogens (primary N) is 1. The molecular weight excluding hydrogens is 320 g/mol. The lowest BCUT2D eigenvalue weighted by Crippen LogP contribution is -2.25. The highest BCUT2D eigenvalue weighted by atomic mass is 32.2. The number of carbonyl (C=O) groups is 1. The molecule has 0 fully saturated rings. The number of carbonyl (C=O) groups excluding carboxylic acids is 1. The monoisotopic (exact) mass is 336 g/mol. The van der Waals surface area contributed by atoms with Gasteiger partial charge in [-0.05, 0) is 13.3 Å². The van der Waals surface area contributed by atoms with E-state index in [9.17, 15) is 23.3 Å². The molecule has 0 unspecified atom stereocenters. The highest BCUT2D eigenvalue weighted by Crippen LogP contribution is 2.36. The highest BCUT2D eigenvalue weighted by Gasteiger charge is 2.25. The fourth-order valence-electron chi connectivity index (χ4n) is 1.46. The van der Waals surface area contributed by atoms with Gasteiger partial charge in [0.2, 0.25) is 15.9 Å². The quantitative estimate of drug-likeness (QED) is 0.343. The van der Waals surface area contributed by atoms with E-state index in [1.807, 2.05) is 0 Å². The van der Waals surface area contributed by atoms with Gasteiger partial charge in [-0.3, -0.25) is 14.9 Å². The molecule has 0 aliphatic rings. The number of nitrogens with one attached hydrogen (secondary N) is 2. The second-order valence-electron chi connectivity index (χ2n) is 4.03. The van der Waals surface area contributed by atoms with Crippen molar-refractivity contribution in [1.82, 2.24) is 4.72 Å². The Morgan fingerprint density at radius 3 is 2.71 bits per heavy atom. The molecule has 0 aromatic carbocycles. The summed E-state index contributed by atoms with van der Waals surface area (Å²) in [5.74, 6) is -0.518. The molecule has 0 atom stereocenters. The van der Waals surface area contributed by atoms with Gasteiger partial charge in [-0.15, -0.1) is 0 Å². The maximum atomic E-state index is 12.0. The summed E-state index contributed by atoms with van der Waals surface area (Å²) in [6.07, 6.45) is 0.331. The van der Waals surface area contributed by atoms with E-state index >= 15 is 0 Å². The predicted octanol–water partition coefficient (Wildman–Crippen LogP) is 0.632. The molecule has 0 saturated carbocycles. The van der Waals surface area contributed by atoms with Crippen LogP contribution in [0.4, 0.5) is 10.7 Å². The van der Waals surface area contributed by atoms with Crippen molar-refractivity contribution in [3.8, 4) is 0 Å². The maximum absolute atomic E-state index is 12.0. The lowest BCUT2D eigenvalue weighted by atomic mass is 10.3. The fourth-order valence-corrected chi connectivity index (χ4v) is 3.97. The van der Waals surface area contributed by atoms with Gasteiger partial charge < -0.3 is 11.1 Å². The molecule has 1 amide bonds. The van der Waals surface area contributed by atoms with Crippen molar-refractivity contribution >= 4 is 38.0 Å². The summed E-state index contributed by atoms with van der Waals surface area (Å²) < 4.78 is 26.1. The molecule has 1 heterocycles. The van der Waals surface area contributed by atoms with E-state index in [1.165, 1.54) is 0 Å². The SMILES string of the molecule is CCNc1sc(S(=O)(=O)NCCCC(N)=O)cc1[N+](=O)[O-]. The van der Waals surface area contributed by atoms with Gasteiger partial charge >= 0.3 is 5.69 Å². The summed E-state index contributed by atoms with van der Waals surface area (Å²) in [5.41, 5.74) is 4.67. The number of amides is 1. The number of anilines is 1. The number of primary amides is 1. The Morgan fingerprint density at radius 1 is 1.52 bits per heavy atom. The Morgan fingerprint density at radius 2 is 2.19 bits per heavy atom. The molecule has 0 aliphatic heterocycles. The van der Waals surface area contributed by atoms with E-state index in [2.05, 4.69) is 10.0 Å². The van der Waals surface area contributed by atoms with Crippen molar-refractivity contribution in [2.75, 3.05) is 18.4 Å². The molecule has 1 aromatic rings. The average Bonchev–Trinajstić information content (AvgIpc) is 2.80. The smallest absolute Gasteiger partial charge is 0.304 e. The minimum absolute atomic E-state index is 0.0352. The van der Waals surface area contributed by atoms with E-state index in [-0.39, 0.29) is 34.3 Å². The number of hydrogen-bond acceptors (Lipinski definition) is 7. The van der Waals surface area contributed by atoms with Gasteiger partial charge in [-0.25, -0.2) is 13.1 Å². The van der Waals surface area contributed by atoms with Crippen molar-refractivity contribution in [1.29, 1.82) is 0 Å². The van der Waals surface area contributed by atoms with Crippen molar-refractivity contribution < 1.29 is 18.1 Å². The summed E-state index contributed by atoms with van der Waals surface area (Å²) in [5, 5.41) is 13.8. The van der Waals surface area contributed by atoms with Crippen LogP contribution < -0.4 is 15.8 Å². The van der Waals surface area contributed by atoms with Crippen LogP contribution in [0.25, 0.3) is 0 Å². The maximum Gasteiger partial charge on any atom is 0.304 e. The first-order valence-corrected chi connectivity index (χ1v) is 8.38. The van der Waals surface area contributed by atoms with Gasteiger partial charge in [0.05, 0.1) is 4.92 Å². The van der Waals surface area contributed by atoms with E-state index in [0.29, 0.717) is 6.54 Å². The average molecular weight is 336 g/mol. The number of rotatable bonds is 9. The van der Waals surface area contributed by atoms with Crippen LogP contribution in [0.2, 0.25) is 0 Å². The Hall–Kier alpha value is -1.72. The van der Waals surface area contributed by atoms with Crippen LogP contribution in [0, 0.1) is 10.1 Å². The Bertz CT molecular complexity index is 625. The third-order valence-electron chi connectivity index (χ3n) is 2.38. The standard InChI is InChI=1S/C10H16N4O5S2/c1-2-12-10-7(14(16)17)6-9(20-10)21(18,19)13-5-3-4-8(11)15/h6,12-13H,2-5H2,1H3,(H2,11,15). The minimum Gasteiger partial charge on any atom is -0.372 e. The normalized spacial score (nSPS) is 11.3. The number of hydrogen-bond donors (Lipinski definition) is 3. The molecule has 0 spiro atoms. The first kappa shape index (κ1) is 17.3. The zero-order valence-electron chi connectivity index (χ0n) is 11.3. The first-order valence-electron chi connectivity index (χ1n) is 6.08. The van der Waals surface area contributed by atoms with E-state index in [4.69, 9.17) is 5.73 Å². The summed E-state index contributed by atoms with van der Waals surface area (Å²) in [4.78, 5) is 20.8. The van der Waals surface area contributed by atoms with Crippen LogP contribution in [0.15, 0.2) is 10.3 Å². The molecule has 9 nitrogen and oxygen atoms in total. The molecule has 118 valence electrons. The second-order valence-corrected chi connectivity index (χ2v) is 7.08. The molecule has 0 saturated heterocycles. The van der Waals surface area contributed by atoms with Crippen LogP contribution in [0.3, 0.4) is 0 Å². The lowest BCUT2D eigenvalue weighted by molar-refractivity contribution is -0.383. The fraction of sp³-hybridized carbons (Fsp3) is 0.500. The molecule has 1 rings (SSSR count). The van der Waals surface area contributed by atoms with Crippen LogP contribution in [0.5, 0.6) is 0 Å². The summed E-state index contributed by atoms with van der Waals surface area (Å²) in [6, 6.07) is 1.01. The molecule has 0 radical (unpaired) electrons. The third-order valence-corrected chi connectivity index (χ3v) is 5.40. The van der Waals surface area contributed by atoms with Crippen molar-refractivity contribution in [2.24, 2.45) is 5.73 Å². The minimum atomic E-state index is -3.84. The Balaban J connectivity index is 2.85. The summed E-state index contributed by atoms with van der Waals surface area (Å²) in [7, 11) is -3.84. The van der Waals surface area contributed by atoms with Gasteiger partial charge in [0.25, 0.3) is 0 Å². The van der Waals surface area contributed by atoms with Crippen LogP contribution in [-0.2, 0) is 14.8 Å². The Kier molecular flexibility index (Phi) is 6.05. The summed E-state index contributed by atoms with van der Waals surface area (Å²) >= 11 is 0.789. The van der Waals surface area contributed by atoms with E-state index in [0.717, 1.165) is 17.4 Å². The molecule has 0 aliphatic carbocycles. The van der Waals surface area contributed by atoms with Gasteiger partial charge in [0.1, 0.15) is 4.21 Å². The van der Waals surface area contributed by atoms with Gasteiger partial charge in [0.15, 0.2) is 5.00 Å². The number of thiophene rings is 1. The zero-order chi connectivity index (χ0) is 16.0. The molecule has 11 heteroatoms.